The fourth-order valence-corrected chi connectivity index (χ4v) is 2.51. The lowest BCUT2D eigenvalue weighted by Crippen LogP contribution is -2.45. The Balaban J connectivity index is 2.49. The standard InChI is InChI=1S/C14H21N3O5S/c1-4-22-11(20)7-9-8-15-13(23-9)16-12(21)17-14(2,3)6-5-10(18)19/h8H,4-7H2,1-3H3,(H,18,19)(H2,15,16,17,21). The molecular weight excluding hydrogens is 322 g/mol. The van der Waals surface area contributed by atoms with E-state index in [1.54, 1.807) is 20.8 Å². The summed E-state index contributed by atoms with van der Waals surface area (Å²) in [6.07, 6.45) is 1.89. The van der Waals surface area contributed by atoms with Crippen molar-refractivity contribution >= 4 is 34.4 Å². The monoisotopic (exact) mass is 343 g/mol. The topological polar surface area (TPSA) is 118 Å². The Morgan fingerprint density at radius 2 is 2.09 bits per heavy atom. The molecule has 0 saturated heterocycles. The van der Waals surface area contributed by atoms with Gasteiger partial charge >= 0.3 is 18.0 Å². The minimum absolute atomic E-state index is 0.0335. The van der Waals surface area contributed by atoms with Crippen molar-refractivity contribution in [3.8, 4) is 0 Å². The molecule has 3 N–H and O–H groups in total. The van der Waals surface area contributed by atoms with Crippen molar-refractivity contribution < 1.29 is 24.2 Å². The van der Waals surface area contributed by atoms with Gasteiger partial charge in [0.05, 0.1) is 13.0 Å². The summed E-state index contributed by atoms with van der Waals surface area (Å²) < 4.78 is 4.84. The number of hydrogen-bond donors (Lipinski definition) is 3. The summed E-state index contributed by atoms with van der Waals surface area (Å²) in [5, 5.41) is 14.3. The first kappa shape index (κ1) is 18.9. The molecule has 0 unspecified atom stereocenters. The second-order valence-electron chi connectivity index (χ2n) is 5.47. The van der Waals surface area contributed by atoms with Crippen LogP contribution in [0.4, 0.5) is 9.93 Å². The van der Waals surface area contributed by atoms with Crippen LogP contribution in [0.3, 0.4) is 0 Å². The van der Waals surface area contributed by atoms with Crippen LogP contribution in [0.2, 0.25) is 0 Å². The van der Waals surface area contributed by atoms with E-state index in [1.165, 1.54) is 17.5 Å². The third kappa shape index (κ3) is 7.59. The van der Waals surface area contributed by atoms with Gasteiger partial charge in [0.2, 0.25) is 0 Å². The number of urea groups is 1. The predicted octanol–water partition coefficient (Wildman–Crippen LogP) is 2.01. The molecule has 0 radical (unpaired) electrons. The molecular formula is C14H21N3O5S. The third-order valence-corrected chi connectivity index (χ3v) is 3.73. The highest BCUT2D eigenvalue weighted by Crippen LogP contribution is 2.19. The summed E-state index contributed by atoms with van der Waals surface area (Å²) in [4.78, 5) is 38.6. The maximum atomic E-state index is 11.9. The smallest absolute Gasteiger partial charge is 0.321 e. The number of amides is 2. The molecule has 0 atom stereocenters. The summed E-state index contributed by atoms with van der Waals surface area (Å²) in [7, 11) is 0. The Labute approximate surface area is 138 Å². The van der Waals surface area contributed by atoms with Gasteiger partial charge in [-0.1, -0.05) is 0 Å². The minimum atomic E-state index is -0.913. The van der Waals surface area contributed by atoms with Crippen molar-refractivity contribution in [1.29, 1.82) is 0 Å². The third-order valence-electron chi connectivity index (χ3n) is 2.81. The van der Waals surface area contributed by atoms with E-state index < -0.39 is 17.5 Å². The van der Waals surface area contributed by atoms with Gasteiger partial charge in [-0.25, -0.2) is 9.78 Å². The van der Waals surface area contributed by atoms with Crippen molar-refractivity contribution in [2.24, 2.45) is 0 Å². The van der Waals surface area contributed by atoms with Crippen LogP contribution in [0.25, 0.3) is 0 Å². The van der Waals surface area contributed by atoms with Gasteiger partial charge < -0.3 is 15.2 Å². The number of thiazole rings is 1. The largest absolute Gasteiger partial charge is 0.481 e. The van der Waals surface area contributed by atoms with E-state index in [0.29, 0.717) is 23.0 Å². The quantitative estimate of drug-likeness (QED) is 0.622. The van der Waals surface area contributed by atoms with Gasteiger partial charge in [-0.05, 0) is 27.2 Å². The molecule has 1 aromatic rings. The van der Waals surface area contributed by atoms with E-state index in [4.69, 9.17) is 9.84 Å². The number of carboxylic acids is 1. The first-order chi connectivity index (χ1) is 10.7. The van der Waals surface area contributed by atoms with Crippen molar-refractivity contribution in [3.05, 3.63) is 11.1 Å². The number of hydrogen-bond acceptors (Lipinski definition) is 6. The molecule has 1 rings (SSSR count). The first-order valence-electron chi connectivity index (χ1n) is 7.13. The molecule has 0 bridgehead atoms. The van der Waals surface area contributed by atoms with Crippen LogP contribution in [0.15, 0.2) is 6.20 Å². The van der Waals surface area contributed by atoms with Crippen molar-refractivity contribution in [2.45, 2.75) is 45.6 Å². The number of carbonyl (C=O) groups excluding carboxylic acids is 2. The summed E-state index contributed by atoms with van der Waals surface area (Å²) in [6.45, 7) is 5.53. The molecule has 0 aromatic carbocycles. The van der Waals surface area contributed by atoms with Gasteiger partial charge in [0.25, 0.3) is 0 Å². The van der Waals surface area contributed by atoms with E-state index in [0.717, 1.165) is 0 Å². The molecule has 0 aliphatic heterocycles. The number of nitrogens with zero attached hydrogens (tertiary/aromatic N) is 1. The Bertz CT molecular complexity index is 571. The Kier molecular flexibility index (Phi) is 6.95. The lowest BCUT2D eigenvalue weighted by atomic mass is 9.99. The number of aliphatic carboxylic acids is 1. The highest BCUT2D eigenvalue weighted by Gasteiger charge is 2.22. The number of carbonyl (C=O) groups is 3. The van der Waals surface area contributed by atoms with Crippen LogP contribution in [-0.2, 0) is 20.7 Å². The number of aromatic nitrogens is 1. The van der Waals surface area contributed by atoms with Crippen molar-refractivity contribution in [1.82, 2.24) is 10.3 Å². The summed E-state index contributed by atoms with van der Waals surface area (Å²) in [5.41, 5.74) is -0.659. The molecule has 9 heteroatoms. The molecule has 0 aliphatic rings. The van der Waals surface area contributed by atoms with Gasteiger partial charge in [0.1, 0.15) is 0 Å². The first-order valence-corrected chi connectivity index (χ1v) is 7.95. The van der Waals surface area contributed by atoms with Gasteiger partial charge in [-0.2, -0.15) is 0 Å². The number of nitrogens with one attached hydrogen (secondary N) is 2. The van der Waals surface area contributed by atoms with Crippen LogP contribution in [-0.4, -0.2) is 40.2 Å². The number of carboxylic acid groups (broad SMARTS) is 1. The van der Waals surface area contributed by atoms with Crippen LogP contribution in [0.1, 0.15) is 38.5 Å². The lowest BCUT2D eigenvalue weighted by Gasteiger charge is -2.25. The van der Waals surface area contributed by atoms with E-state index in [2.05, 4.69) is 15.6 Å². The number of anilines is 1. The Morgan fingerprint density at radius 3 is 2.70 bits per heavy atom. The highest BCUT2D eigenvalue weighted by atomic mass is 32.1. The molecule has 23 heavy (non-hydrogen) atoms. The minimum Gasteiger partial charge on any atom is -0.481 e. The maximum absolute atomic E-state index is 11.9. The number of ether oxygens (including phenoxy) is 1. The predicted molar refractivity (Wildman–Crippen MR) is 85.6 cm³/mol. The maximum Gasteiger partial charge on any atom is 0.321 e. The van der Waals surface area contributed by atoms with Crippen LogP contribution in [0.5, 0.6) is 0 Å². The molecule has 0 aliphatic carbocycles. The van der Waals surface area contributed by atoms with Crippen molar-refractivity contribution in [3.63, 3.8) is 0 Å². The molecule has 0 spiro atoms. The summed E-state index contributed by atoms with van der Waals surface area (Å²) in [5.74, 6) is -1.26. The van der Waals surface area contributed by atoms with Gasteiger partial charge in [-0.15, -0.1) is 11.3 Å². The van der Waals surface area contributed by atoms with E-state index >= 15 is 0 Å². The van der Waals surface area contributed by atoms with Crippen LogP contribution in [0, 0.1) is 0 Å². The molecule has 8 nitrogen and oxygen atoms in total. The zero-order chi connectivity index (χ0) is 17.5. The van der Waals surface area contributed by atoms with E-state index in [1.807, 2.05) is 0 Å². The molecule has 128 valence electrons. The zero-order valence-corrected chi connectivity index (χ0v) is 14.2. The van der Waals surface area contributed by atoms with E-state index in [9.17, 15) is 14.4 Å². The average molecular weight is 343 g/mol. The SMILES string of the molecule is CCOC(=O)Cc1cnc(NC(=O)NC(C)(C)CCC(=O)O)s1. The molecule has 1 aromatic heterocycles. The average Bonchev–Trinajstić information content (AvgIpc) is 2.83. The lowest BCUT2D eigenvalue weighted by molar-refractivity contribution is -0.142. The normalized spacial score (nSPS) is 10.9. The second kappa shape index (κ2) is 8.47. The van der Waals surface area contributed by atoms with Crippen LogP contribution < -0.4 is 10.6 Å². The van der Waals surface area contributed by atoms with Crippen molar-refractivity contribution in [2.75, 3.05) is 11.9 Å². The molecule has 1 heterocycles. The zero-order valence-electron chi connectivity index (χ0n) is 13.3. The summed E-state index contributed by atoms with van der Waals surface area (Å²) >= 11 is 1.18. The van der Waals surface area contributed by atoms with Crippen LogP contribution >= 0.6 is 11.3 Å². The number of esters is 1. The summed E-state index contributed by atoms with van der Waals surface area (Å²) in [6, 6.07) is -0.475. The molecule has 2 amide bonds. The fourth-order valence-electron chi connectivity index (χ4n) is 1.72. The second-order valence-corrected chi connectivity index (χ2v) is 6.59. The Hall–Kier alpha value is -2.16. The van der Waals surface area contributed by atoms with Gasteiger partial charge in [0.15, 0.2) is 5.13 Å². The molecule has 0 saturated carbocycles. The fraction of sp³-hybridized carbons (Fsp3) is 0.571. The molecule has 0 fully saturated rings. The number of rotatable bonds is 8. The van der Waals surface area contributed by atoms with Gasteiger partial charge in [0, 0.05) is 23.0 Å². The van der Waals surface area contributed by atoms with Gasteiger partial charge in [-0.3, -0.25) is 14.9 Å². The Morgan fingerprint density at radius 1 is 1.39 bits per heavy atom. The van der Waals surface area contributed by atoms with E-state index in [-0.39, 0.29) is 18.8 Å². The highest BCUT2D eigenvalue weighted by molar-refractivity contribution is 7.15.